The van der Waals surface area contributed by atoms with Crippen LogP contribution in [0.4, 0.5) is 5.69 Å². The zero-order valence-corrected chi connectivity index (χ0v) is 13.4. The number of carbonyl (C=O) groups is 1. The van der Waals surface area contributed by atoms with E-state index in [-0.39, 0.29) is 12.7 Å². The highest BCUT2D eigenvalue weighted by Gasteiger charge is 2.34. The monoisotopic (exact) mass is 342 g/mol. The van der Waals surface area contributed by atoms with Crippen LogP contribution in [0.15, 0.2) is 47.6 Å². The number of benzene rings is 1. The van der Waals surface area contributed by atoms with Crippen molar-refractivity contribution < 1.29 is 14.3 Å². The smallest absolute Gasteiger partial charge is 0.270 e. The van der Waals surface area contributed by atoms with E-state index in [1.165, 1.54) is 16.7 Å². The molecule has 2 aliphatic heterocycles. The fourth-order valence-corrected chi connectivity index (χ4v) is 3.62. The summed E-state index contributed by atoms with van der Waals surface area (Å²) in [4.78, 5) is 18.7. The summed E-state index contributed by atoms with van der Waals surface area (Å²) in [6.45, 7) is 0.194. The second-order valence-corrected chi connectivity index (χ2v) is 6.51. The molecule has 0 unspecified atom stereocenters. The molecule has 23 heavy (non-hydrogen) atoms. The normalized spacial score (nSPS) is 18.1. The van der Waals surface area contributed by atoms with E-state index in [1.54, 1.807) is 30.6 Å². The van der Waals surface area contributed by atoms with Gasteiger partial charge in [-0.25, -0.2) is 0 Å². The summed E-state index contributed by atoms with van der Waals surface area (Å²) in [6.07, 6.45) is 5.18. The highest BCUT2D eigenvalue weighted by atomic mass is 32.2. The molecule has 1 aromatic heterocycles. The van der Waals surface area contributed by atoms with Crippen LogP contribution in [0.5, 0.6) is 11.5 Å². The van der Waals surface area contributed by atoms with Crippen molar-refractivity contribution in [3.05, 3.63) is 53.2 Å². The number of hydrogen-bond acceptors (Lipinski definition) is 6. The van der Waals surface area contributed by atoms with Gasteiger partial charge in [0.2, 0.25) is 6.79 Å². The lowest BCUT2D eigenvalue weighted by Gasteiger charge is -2.14. The number of thioether (sulfide) groups is 1. The van der Waals surface area contributed by atoms with Crippen LogP contribution in [0.3, 0.4) is 0 Å². The van der Waals surface area contributed by atoms with E-state index in [1.807, 2.05) is 18.2 Å². The van der Waals surface area contributed by atoms with Crippen molar-refractivity contribution in [2.45, 2.75) is 0 Å². The maximum atomic E-state index is 12.7. The van der Waals surface area contributed by atoms with Crippen LogP contribution in [-0.2, 0) is 4.79 Å². The van der Waals surface area contributed by atoms with Crippen LogP contribution in [0.2, 0.25) is 0 Å². The van der Waals surface area contributed by atoms with Crippen LogP contribution in [0.25, 0.3) is 6.08 Å². The molecule has 1 saturated heterocycles. The van der Waals surface area contributed by atoms with Gasteiger partial charge in [-0.05, 0) is 35.9 Å². The first-order chi connectivity index (χ1) is 11.2. The van der Waals surface area contributed by atoms with Gasteiger partial charge in [0, 0.05) is 18.5 Å². The van der Waals surface area contributed by atoms with Crippen molar-refractivity contribution in [2.75, 3.05) is 11.7 Å². The third kappa shape index (κ3) is 2.58. The molecule has 0 spiro atoms. The summed E-state index contributed by atoms with van der Waals surface area (Å²) in [5.41, 5.74) is 1.58. The third-order valence-electron chi connectivity index (χ3n) is 3.41. The maximum Gasteiger partial charge on any atom is 0.270 e. The Labute approximate surface area is 141 Å². The van der Waals surface area contributed by atoms with Gasteiger partial charge in [-0.15, -0.1) is 0 Å². The quantitative estimate of drug-likeness (QED) is 0.617. The molecule has 0 bridgehead atoms. The minimum absolute atomic E-state index is 0.143. The van der Waals surface area contributed by atoms with E-state index >= 15 is 0 Å². The number of hydrogen-bond donors (Lipinski definition) is 0. The van der Waals surface area contributed by atoms with E-state index in [2.05, 4.69) is 4.98 Å². The molecule has 0 saturated carbocycles. The van der Waals surface area contributed by atoms with Gasteiger partial charge in [-0.3, -0.25) is 14.7 Å². The highest BCUT2D eigenvalue weighted by Crippen LogP contribution is 2.40. The first-order valence-corrected chi connectivity index (χ1v) is 8.02. The summed E-state index contributed by atoms with van der Waals surface area (Å²) in [5, 5.41) is 0. The first-order valence-electron chi connectivity index (χ1n) is 6.80. The molecule has 0 aliphatic carbocycles. The predicted molar refractivity (Wildman–Crippen MR) is 92.5 cm³/mol. The fourth-order valence-electron chi connectivity index (χ4n) is 2.33. The number of aromatic nitrogens is 1. The second-order valence-electron chi connectivity index (χ2n) is 4.84. The fraction of sp³-hybridized carbons (Fsp3) is 0.0625. The van der Waals surface area contributed by atoms with E-state index in [9.17, 15) is 4.79 Å². The van der Waals surface area contributed by atoms with Gasteiger partial charge in [0.05, 0.1) is 10.6 Å². The van der Waals surface area contributed by atoms with Crippen LogP contribution in [0, 0.1) is 0 Å². The lowest BCUT2D eigenvalue weighted by molar-refractivity contribution is -0.113. The number of rotatable bonds is 2. The van der Waals surface area contributed by atoms with Gasteiger partial charge in [0.15, 0.2) is 15.8 Å². The molecular formula is C16H10N2O3S2. The van der Waals surface area contributed by atoms with Crippen molar-refractivity contribution in [1.29, 1.82) is 0 Å². The molecular weight excluding hydrogens is 332 g/mol. The lowest BCUT2D eigenvalue weighted by atomic mass is 10.2. The summed E-state index contributed by atoms with van der Waals surface area (Å²) in [7, 11) is 0. The summed E-state index contributed by atoms with van der Waals surface area (Å²) in [5.74, 6) is 1.15. The molecule has 1 fully saturated rings. The Morgan fingerprint density at radius 2 is 1.96 bits per heavy atom. The Balaban J connectivity index is 1.67. The zero-order valence-electron chi connectivity index (χ0n) is 11.8. The number of ether oxygens (including phenoxy) is 2. The summed E-state index contributed by atoms with van der Waals surface area (Å²) < 4.78 is 11.1. The summed E-state index contributed by atoms with van der Waals surface area (Å²) in [6, 6.07) is 9.03. The van der Waals surface area contributed by atoms with E-state index in [4.69, 9.17) is 21.7 Å². The Morgan fingerprint density at radius 3 is 2.78 bits per heavy atom. The molecule has 3 heterocycles. The molecule has 0 atom stereocenters. The minimum Gasteiger partial charge on any atom is -0.454 e. The molecule has 1 aromatic carbocycles. The van der Waals surface area contributed by atoms with Crippen molar-refractivity contribution >= 4 is 46.0 Å². The van der Waals surface area contributed by atoms with Crippen molar-refractivity contribution in [3.8, 4) is 11.5 Å². The second kappa shape index (κ2) is 5.68. The molecule has 4 rings (SSSR count). The Hall–Kier alpha value is -2.38. The molecule has 5 nitrogen and oxygen atoms in total. The van der Waals surface area contributed by atoms with Gasteiger partial charge < -0.3 is 9.47 Å². The standard InChI is InChI=1S/C16H10N2O3S2/c19-15-14(7-10-3-5-17-6-4-10)23-16(22)18(15)11-1-2-12-13(8-11)21-9-20-12/h1-8H,9H2/b14-7-. The van der Waals surface area contributed by atoms with Crippen molar-refractivity contribution in [1.82, 2.24) is 4.98 Å². The molecule has 2 aromatic rings. The average molecular weight is 342 g/mol. The van der Waals surface area contributed by atoms with Crippen LogP contribution < -0.4 is 14.4 Å². The van der Waals surface area contributed by atoms with Crippen LogP contribution in [0.1, 0.15) is 5.56 Å². The highest BCUT2D eigenvalue weighted by molar-refractivity contribution is 8.27. The Morgan fingerprint density at radius 1 is 1.17 bits per heavy atom. The Bertz CT molecular complexity index is 836. The number of fused-ring (bicyclic) bond motifs is 1. The maximum absolute atomic E-state index is 12.7. The van der Waals surface area contributed by atoms with Crippen LogP contribution >= 0.6 is 24.0 Å². The third-order valence-corrected chi connectivity index (χ3v) is 4.71. The Kier molecular flexibility index (Phi) is 3.51. The van der Waals surface area contributed by atoms with E-state index < -0.39 is 0 Å². The predicted octanol–water partition coefficient (Wildman–Crippen LogP) is 3.22. The number of pyridine rings is 1. The van der Waals surface area contributed by atoms with Crippen LogP contribution in [-0.4, -0.2) is 22.0 Å². The van der Waals surface area contributed by atoms with Gasteiger partial charge in [0.25, 0.3) is 5.91 Å². The van der Waals surface area contributed by atoms with Gasteiger partial charge in [0.1, 0.15) is 0 Å². The van der Waals surface area contributed by atoms with E-state index in [0.29, 0.717) is 26.4 Å². The SMILES string of the molecule is O=C1/C(=C/c2ccncc2)SC(=S)N1c1ccc2c(c1)OCO2. The number of nitrogens with zero attached hydrogens (tertiary/aromatic N) is 2. The molecule has 0 radical (unpaired) electrons. The van der Waals surface area contributed by atoms with Crippen molar-refractivity contribution in [2.24, 2.45) is 0 Å². The minimum atomic E-state index is -0.143. The molecule has 0 N–H and O–H groups in total. The van der Waals surface area contributed by atoms with Crippen molar-refractivity contribution in [3.63, 3.8) is 0 Å². The van der Waals surface area contributed by atoms with Gasteiger partial charge >= 0.3 is 0 Å². The van der Waals surface area contributed by atoms with E-state index in [0.717, 1.165) is 5.56 Å². The molecule has 1 amide bonds. The molecule has 7 heteroatoms. The zero-order chi connectivity index (χ0) is 15.8. The number of thiocarbonyl (C=S) groups is 1. The summed E-state index contributed by atoms with van der Waals surface area (Å²) >= 11 is 6.64. The molecule has 2 aliphatic rings. The topological polar surface area (TPSA) is 51.7 Å². The van der Waals surface area contributed by atoms with Gasteiger partial charge in [-0.1, -0.05) is 24.0 Å². The average Bonchev–Trinajstić information content (AvgIpc) is 3.13. The number of carbonyl (C=O) groups excluding carboxylic acids is 1. The first kappa shape index (κ1) is 14.2. The lowest BCUT2D eigenvalue weighted by Crippen LogP contribution is -2.27. The van der Waals surface area contributed by atoms with Gasteiger partial charge in [-0.2, -0.15) is 0 Å². The number of anilines is 1. The number of amides is 1. The largest absolute Gasteiger partial charge is 0.454 e. The molecule has 114 valence electrons.